The van der Waals surface area contributed by atoms with Gasteiger partial charge < -0.3 is 10.5 Å². The second-order valence-electron chi connectivity index (χ2n) is 4.77. The molecule has 0 aliphatic heterocycles. The topological polar surface area (TPSA) is 93.5 Å². The van der Waals surface area contributed by atoms with Gasteiger partial charge in [0.2, 0.25) is 5.91 Å². The van der Waals surface area contributed by atoms with Gasteiger partial charge in [-0.2, -0.15) is 0 Å². The van der Waals surface area contributed by atoms with Gasteiger partial charge in [0.15, 0.2) is 0 Å². The molecule has 6 heteroatoms. The molecule has 0 radical (unpaired) electrons. The van der Waals surface area contributed by atoms with Crippen molar-refractivity contribution in [2.75, 3.05) is 6.54 Å². The number of hydrazine groups is 1. The number of rotatable bonds is 5. The van der Waals surface area contributed by atoms with E-state index < -0.39 is 11.7 Å². The van der Waals surface area contributed by atoms with Crippen LogP contribution in [-0.2, 0) is 9.53 Å². The van der Waals surface area contributed by atoms with Gasteiger partial charge in [-0.15, -0.1) is 0 Å². The minimum Gasteiger partial charge on any atom is -0.443 e. The third kappa shape index (κ3) is 11.0. The minimum absolute atomic E-state index is 0.229. The monoisotopic (exact) mass is 245 g/mol. The van der Waals surface area contributed by atoms with E-state index in [9.17, 15) is 9.59 Å². The van der Waals surface area contributed by atoms with Crippen molar-refractivity contribution in [1.29, 1.82) is 0 Å². The van der Waals surface area contributed by atoms with E-state index in [1.807, 2.05) is 0 Å². The van der Waals surface area contributed by atoms with Crippen LogP contribution in [0.4, 0.5) is 4.79 Å². The average molecular weight is 245 g/mol. The van der Waals surface area contributed by atoms with Crippen LogP contribution in [0.5, 0.6) is 0 Å². The maximum absolute atomic E-state index is 11.3. The number of hydrogen-bond acceptors (Lipinski definition) is 4. The number of hydrogen-bond donors (Lipinski definition) is 3. The lowest BCUT2D eigenvalue weighted by molar-refractivity contribution is -0.122. The van der Waals surface area contributed by atoms with E-state index >= 15 is 0 Å². The van der Waals surface area contributed by atoms with Gasteiger partial charge in [-0.1, -0.05) is 6.42 Å². The first-order valence-corrected chi connectivity index (χ1v) is 5.83. The van der Waals surface area contributed by atoms with Gasteiger partial charge in [0.1, 0.15) is 5.60 Å². The zero-order chi connectivity index (χ0) is 13.3. The number of carbonyl (C=O) groups is 2. The Morgan fingerprint density at radius 1 is 1.12 bits per heavy atom. The summed E-state index contributed by atoms with van der Waals surface area (Å²) < 4.78 is 4.95. The minimum atomic E-state index is -0.659. The fourth-order valence-corrected chi connectivity index (χ4v) is 1.09. The predicted molar refractivity (Wildman–Crippen MR) is 65.0 cm³/mol. The lowest BCUT2D eigenvalue weighted by Crippen LogP contribution is -2.44. The second kappa shape index (κ2) is 7.89. The first-order valence-electron chi connectivity index (χ1n) is 5.83. The quantitative estimate of drug-likeness (QED) is 0.498. The molecule has 6 nitrogen and oxygen atoms in total. The largest absolute Gasteiger partial charge is 0.443 e. The summed E-state index contributed by atoms with van der Waals surface area (Å²) in [4.78, 5) is 22.4. The van der Waals surface area contributed by atoms with Crippen LogP contribution in [0.15, 0.2) is 0 Å². The highest BCUT2D eigenvalue weighted by molar-refractivity contribution is 5.79. The van der Waals surface area contributed by atoms with Crippen LogP contribution in [0, 0.1) is 0 Å². The Balaban J connectivity index is 3.59. The Morgan fingerprint density at radius 2 is 1.76 bits per heavy atom. The van der Waals surface area contributed by atoms with Gasteiger partial charge in [0.05, 0.1) is 0 Å². The first-order chi connectivity index (χ1) is 7.85. The number of ether oxygens (including phenoxy) is 1. The molecule has 0 aliphatic rings. The van der Waals surface area contributed by atoms with Crippen LogP contribution in [0.3, 0.4) is 0 Å². The molecular formula is C11H23N3O3. The second-order valence-corrected chi connectivity index (χ2v) is 4.77. The number of amides is 2. The number of carbonyl (C=O) groups excluding carboxylic acids is 2. The summed E-state index contributed by atoms with van der Waals surface area (Å²) in [6.07, 6.45) is 2.30. The van der Waals surface area contributed by atoms with Gasteiger partial charge in [0.25, 0.3) is 0 Å². The Kier molecular flexibility index (Phi) is 7.29. The number of nitrogens with two attached hydrogens (primary N) is 1. The molecule has 0 bridgehead atoms. The fourth-order valence-electron chi connectivity index (χ4n) is 1.09. The van der Waals surface area contributed by atoms with E-state index in [1.165, 1.54) is 0 Å². The van der Waals surface area contributed by atoms with Crippen molar-refractivity contribution in [3.05, 3.63) is 0 Å². The molecule has 0 aromatic carbocycles. The lowest BCUT2D eigenvalue weighted by atomic mass is 10.2. The molecule has 0 saturated carbocycles. The molecule has 0 heterocycles. The summed E-state index contributed by atoms with van der Waals surface area (Å²) in [5, 5.41) is 0. The third-order valence-corrected chi connectivity index (χ3v) is 1.81. The van der Waals surface area contributed by atoms with Crippen molar-refractivity contribution in [1.82, 2.24) is 10.9 Å². The molecule has 0 aliphatic carbocycles. The highest BCUT2D eigenvalue weighted by atomic mass is 16.6. The zero-order valence-corrected chi connectivity index (χ0v) is 10.8. The maximum Gasteiger partial charge on any atom is 0.426 e. The fraction of sp³-hybridized carbons (Fsp3) is 0.818. The molecule has 2 amide bonds. The van der Waals surface area contributed by atoms with Crippen molar-refractivity contribution < 1.29 is 14.3 Å². The van der Waals surface area contributed by atoms with Gasteiger partial charge in [-0.25, -0.2) is 10.2 Å². The highest BCUT2D eigenvalue weighted by Crippen LogP contribution is 2.05. The van der Waals surface area contributed by atoms with Gasteiger partial charge in [0, 0.05) is 6.42 Å². The van der Waals surface area contributed by atoms with E-state index in [1.54, 1.807) is 20.8 Å². The van der Waals surface area contributed by atoms with Crippen LogP contribution in [0.2, 0.25) is 0 Å². The van der Waals surface area contributed by atoms with E-state index in [0.717, 1.165) is 19.3 Å². The molecule has 4 N–H and O–H groups in total. The molecule has 0 unspecified atom stereocenters. The van der Waals surface area contributed by atoms with Gasteiger partial charge in [-0.3, -0.25) is 10.2 Å². The normalized spacial score (nSPS) is 10.8. The van der Waals surface area contributed by atoms with E-state index in [4.69, 9.17) is 10.5 Å². The van der Waals surface area contributed by atoms with Crippen molar-refractivity contribution in [3.8, 4) is 0 Å². The standard InChI is InChI=1S/C11H23N3O3/c1-11(2,3)17-10(16)14-13-9(15)7-5-4-6-8-12/h4-8,12H2,1-3H3,(H,13,15)(H,14,16). The van der Waals surface area contributed by atoms with Gasteiger partial charge >= 0.3 is 6.09 Å². The lowest BCUT2D eigenvalue weighted by Gasteiger charge is -2.19. The van der Waals surface area contributed by atoms with Crippen LogP contribution < -0.4 is 16.6 Å². The van der Waals surface area contributed by atoms with E-state index in [2.05, 4.69) is 10.9 Å². The van der Waals surface area contributed by atoms with Crippen LogP contribution >= 0.6 is 0 Å². The smallest absolute Gasteiger partial charge is 0.426 e. The molecule has 0 fully saturated rings. The SMILES string of the molecule is CC(C)(C)OC(=O)NNC(=O)CCCCCN. The maximum atomic E-state index is 11.3. The van der Waals surface area contributed by atoms with Crippen LogP contribution in [0.25, 0.3) is 0 Å². The molecule has 0 saturated heterocycles. The van der Waals surface area contributed by atoms with Crippen molar-refractivity contribution in [2.24, 2.45) is 5.73 Å². The molecule has 0 aromatic rings. The summed E-state index contributed by atoms with van der Waals surface area (Å²) in [6, 6.07) is 0. The van der Waals surface area contributed by atoms with Crippen LogP contribution in [0.1, 0.15) is 46.5 Å². The summed E-state index contributed by atoms with van der Waals surface area (Å²) in [7, 11) is 0. The first kappa shape index (κ1) is 15.7. The van der Waals surface area contributed by atoms with E-state index in [0.29, 0.717) is 13.0 Å². The van der Waals surface area contributed by atoms with Crippen molar-refractivity contribution in [3.63, 3.8) is 0 Å². The summed E-state index contributed by atoms with van der Waals surface area (Å²) in [5.74, 6) is -0.229. The van der Waals surface area contributed by atoms with Gasteiger partial charge in [-0.05, 0) is 40.2 Å². The molecule has 0 aromatic heterocycles. The highest BCUT2D eigenvalue weighted by Gasteiger charge is 2.16. The zero-order valence-electron chi connectivity index (χ0n) is 10.8. The third-order valence-electron chi connectivity index (χ3n) is 1.81. The number of nitrogens with one attached hydrogen (secondary N) is 2. The summed E-state index contributed by atoms with van der Waals surface area (Å²) in [5.41, 5.74) is 9.24. The van der Waals surface area contributed by atoms with E-state index in [-0.39, 0.29) is 5.91 Å². The summed E-state index contributed by atoms with van der Waals surface area (Å²) in [6.45, 7) is 5.89. The molecule has 0 rings (SSSR count). The molecule has 17 heavy (non-hydrogen) atoms. The Morgan fingerprint density at radius 3 is 2.29 bits per heavy atom. The van der Waals surface area contributed by atoms with Crippen molar-refractivity contribution >= 4 is 12.0 Å². The molecule has 0 atom stereocenters. The molecule has 100 valence electrons. The van der Waals surface area contributed by atoms with Crippen molar-refractivity contribution in [2.45, 2.75) is 52.1 Å². The van der Waals surface area contributed by atoms with Crippen LogP contribution in [-0.4, -0.2) is 24.1 Å². The number of unbranched alkanes of at least 4 members (excludes halogenated alkanes) is 2. The Labute approximate surface area is 102 Å². The Hall–Kier alpha value is -1.30. The predicted octanol–water partition coefficient (Wildman–Crippen LogP) is 1.06. The summed E-state index contributed by atoms with van der Waals surface area (Å²) >= 11 is 0. The molecule has 0 spiro atoms. The molecular weight excluding hydrogens is 222 g/mol. The average Bonchev–Trinajstić information content (AvgIpc) is 2.19. The Bertz CT molecular complexity index is 249.